The summed E-state index contributed by atoms with van der Waals surface area (Å²) in [6.45, 7) is 1.96. The van der Waals surface area contributed by atoms with E-state index in [-0.39, 0.29) is 4.83 Å². The molecule has 50 valence electrons. The van der Waals surface area contributed by atoms with E-state index in [0.29, 0.717) is 0 Å². The zero-order valence-electron chi connectivity index (χ0n) is 5.14. The van der Waals surface area contributed by atoms with Crippen molar-refractivity contribution in [3.05, 3.63) is 23.8 Å². The van der Waals surface area contributed by atoms with E-state index in [2.05, 4.69) is 15.9 Å². The van der Waals surface area contributed by atoms with Gasteiger partial charge >= 0.3 is 0 Å². The van der Waals surface area contributed by atoms with Crippen LogP contribution in [-0.4, -0.2) is 11.0 Å². The number of hydrogen-bond acceptors (Lipinski definition) is 0. The maximum atomic E-state index is 12.6. The van der Waals surface area contributed by atoms with Crippen molar-refractivity contribution >= 4 is 15.9 Å². The quantitative estimate of drug-likeness (QED) is 0.516. The van der Waals surface area contributed by atoms with Gasteiger partial charge in [-0.1, -0.05) is 33.7 Å². The van der Waals surface area contributed by atoms with Gasteiger partial charge in [-0.05, 0) is 13.0 Å². The Kier molecular flexibility index (Phi) is 2.06. The topological polar surface area (TPSA) is 0 Å². The standard InChI is InChI=1S/C7H8BrF/c1-5-2-3-7(9)6(8)4-5/h2-4,6-7H,1H3. The van der Waals surface area contributed by atoms with Crippen molar-refractivity contribution in [2.75, 3.05) is 0 Å². The minimum Gasteiger partial charge on any atom is -0.241 e. The van der Waals surface area contributed by atoms with Gasteiger partial charge in [-0.3, -0.25) is 0 Å². The third-order valence-corrected chi connectivity index (χ3v) is 2.04. The highest BCUT2D eigenvalue weighted by Crippen LogP contribution is 2.19. The average Bonchev–Trinajstić information content (AvgIpc) is 1.80. The number of rotatable bonds is 0. The summed E-state index contributed by atoms with van der Waals surface area (Å²) < 4.78 is 12.6. The second-order valence-corrected chi connectivity index (χ2v) is 3.22. The van der Waals surface area contributed by atoms with Crippen LogP contribution in [0.15, 0.2) is 23.8 Å². The second kappa shape index (κ2) is 2.65. The third kappa shape index (κ3) is 1.65. The van der Waals surface area contributed by atoms with Crippen LogP contribution in [0.5, 0.6) is 0 Å². The summed E-state index contributed by atoms with van der Waals surface area (Å²) in [5.74, 6) is 0. The summed E-state index contributed by atoms with van der Waals surface area (Å²) in [6, 6.07) is 0. The lowest BCUT2D eigenvalue weighted by Crippen LogP contribution is -2.12. The molecule has 2 heteroatoms. The highest BCUT2D eigenvalue weighted by atomic mass is 79.9. The van der Waals surface area contributed by atoms with Crippen LogP contribution in [0.25, 0.3) is 0 Å². The molecular formula is C7H8BrF. The Morgan fingerprint density at radius 1 is 1.67 bits per heavy atom. The Morgan fingerprint density at radius 2 is 2.33 bits per heavy atom. The molecule has 1 rings (SSSR count). The molecule has 0 heterocycles. The van der Waals surface area contributed by atoms with Gasteiger partial charge in [0.1, 0.15) is 6.17 Å². The van der Waals surface area contributed by atoms with Crippen LogP contribution < -0.4 is 0 Å². The van der Waals surface area contributed by atoms with Gasteiger partial charge in [0.05, 0.1) is 4.83 Å². The first-order valence-electron chi connectivity index (χ1n) is 2.85. The minimum absolute atomic E-state index is 0.123. The van der Waals surface area contributed by atoms with Crippen molar-refractivity contribution in [3.63, 3.8) is 0 Å². The van der Waals surface area contributed by atoms with Crippen LogP contribution in [0.4, 0.5) is 4.39 Å². The van der Waals surface area contributed by atoms with Crippen LogP contribution in [0.1, 0.15) is 6.92 Å². The minimum atomic E-state index is -0.853. The normalized spacial score (nSPS) is 34.3. The molecule has 2 unspecified atom stereocenters. The van der Waals surface area contributed by atoms with E-state index in [1.54, 1.807) is 12.2 Å². The number of allylic oxidation sites excluding steroid dienone is 4. The molecule has 0 aromatic heterocycles. The molecule has 0 saturated carbocycles. The van der Waals surface area contributed by atoms with Crippen LogP contribution in [-0.2, 0) is 0 Å². The van der Waals surface area contributed by atoms with Crippen molar-refractivity contribution in [1.82, 2.24) is 0 Å². The molecule has 0 amide bonds. The number of halogens is 2. The molecule has 1 aliphatic carbocycles. The molecule has 1 aliphatic rings. The summed E-state index contributed by atoms with van der Waals surface area (Å²) >= 11 is 3.19. The largest absolute Gasteiger partial charge is 0.241 e. The molecule has 0 aromatic carbocycles. The molecular weight excluding hydrogens is 183 g/mol. The van der Waals surface area contributed by atoms with Crippen molar-refractivity contribution in [2.24, 2.45) is 0 Å². The lowest BCUT2D eigenvalue weighted by atomic mass is 10.1. The maximum absolute atomic E-state index is 12.6. The van der Waals surface area contributed by atoms with E-state index in [4.69, 9.17) is 0 Å². The molecule has 0 spiro atoms. The first-order valence-corrected chi connectivity index (χ1v) is 3.76. The fraction of sp³-hybridized carbons (Fsp3) is 0.429. The van der Waals surface area contributed by atoms with Crippen molar-refractivity contribution in [2.45, 2.75) is 17.9 Å². The Labute approximate surface area is 62.6 Å². The predicted molar refractivity (Wildman–Crippen MR) is 40.5 cm³/mol. The lowest BCUT2D eigenvalue weighted by molar-refractivity contribution is 0.410. The van der Waals surface area contributed by atoms with Gasteiger partial charge in [-0.15, -0.1) is 0 Å². The van der Waals surface area contributed by atoms with E-state index in [1.807, 2.05) is 13.0 Å². The second-order valence-electron chi connectivity index (χ2n) is 2.16. The summed E-state index contributed by atoms with van der Waals surface area (Å²) in [5, 5.41) is 0. The smallest absolute Gasteiger partial charge is 0.134 e. The lowest BCUT2D eigenvalue weighted by Gasteiger charge is -2.11. The Hall–Kier alpha value is -0.110. The fourth-order valence-electron chi connectivity index (χ4n) is 0.748. The van der Waals surface area contributed by atoms with Crippen LogP contribution in [0.3, 0.4) is 0 Å². The van der Waals surface area contributed by atoms with Crippen LogP contribution in [0.2, 0.25) is 0 Å². The molecule has 0 nitrogen and oxygen atoms in total. The zero-order valence-corrected chi connectivity index (χ0v) is 6.73. The highest BCUT2D eigenvalue weighted by molar-refractivity contribution is 9.09. The summed E-state index contributed by atoms with van der Waals surface area (Å²) in [5.41, 5.74) is 1.12. The first-order chi connectivity index (χ1) is 4.20. The Bertz CT molecular complexity index is 160. The molecule has 0 N–H and O–H groups in total. The molecule has 0 bridgehead atoms. The van der Waals surface area contributed by atoms with E-state index in [1.165, 1.54) is 0 Å². The Balaban J connectivity index is 2.70. The molecule has 0 aromatic rings. The number of hydrogen-bond donors (Lipinski definition) is 0. The van der Waals surface area contributed by atoms with E-state index in [0.717, 1.165) is 5.57 Å². The monoisotopic (exact) mass is 190 g/mol. The predicted octanol–water partition coefficient (Wildman–Crippen LogP) is 2.60. The first kappa shape index (κ1) is 7.00. The molecule has 9 heavy (non-hydrogen) atoms. The van der Waals surface area contributed by atoms with Gasteiger partial charge in [0, 0.05) is 0 Å². The summed E-state index contributed by atoms with van der Waals surface area (Å²) in [7, 11) is 0. The zero-order chi connectivity index (χ0) is 6.85. The van der Waals surface area contributed by atoms with Crippen molar-refractivity contribution in [1.29, 1.82) is 0 Å². The Morgan fingerprint density at radius 3 is 2.78 bits per heavy atom. The van der Waals surface area contributed by atoms with Gasteiger partial charge in [-0.2, -0.15) is 0 Å². The van der Waals surface area contributed by atoms with E-state index < -0.39 is 6.17 Å². The van der Waals surface area contributed by atoms with Gasteiger partial charge in [0.15, 0.2) is 0 Å². The van der Waals surface area contributed by atoms with Crippen LogP contribution in [0, 0.1) is 0 Å². The van der Waals surface area contributed by atoms with Crippen LogP contribution >= 0.6 is 15.9 Å². The molecule has 0 saturated heterocycles. The van der Waals surface area contributed by atoms with Gasteiger partial charge in [0.25, 0.3) is 0 Å². The molecule has 0 fully saturated rings. The fourth-order valence-corrected chi connectivity index (χ4v) is 1.34. The summed E-state index contributed by atoms with van der Waals surface area (Å²) in [4.78, 5) is -0.123. The maximum Gasteiger partial charge on any atom is 0.134 e. The SMILES string of the molecule is CC1=CC(Br)C(F)C=C1. The molecule has 0 radical (unpaired) electrons. The number of alkyl halides is 2. The van der Waals surface area contributed by atoms with E-state index in [9.17, 15) is 4.39 Å². The summed E-state index contributed by atoms with van der Waals surface area (Å²) in [6.07, 6.45) is 4.37. The van der Waals surface area contributed by atoms with Crippen molar-refractivity contribution in [3.8, 4) is 0 Å². The van der Waals surface area contributed by atoms with Crippen molar-refractivity contribution < 1.29 is 4.39 Å². The average molecular weight is 191 g/mol. The molecule has 0 aliphatic heterocycles. The van der Waals surface area contributed by atoms with Gasteiger partial charge < -0.3 is 0 Å². The molecule has 2 atom stereocenters. The highest BCUT2D eigenvalue weighted by Gasteiger charge is 2.14. The van der Waals surface area contributed by atoms with E-state index >= 15 is 0 Å². The van der Waals surface area contributed by atoms with Gasteiger partial charge in [-0.25, -0.2) is 4.39 Å². The van der Waals surface area contributed by atoms with Gasteiger partial charge in [0.2, 0.25) is 0 Å². The third-order valence-electron chi connectivity index (χ3n) is 1.27.